The first-order chi connectivity index (χ1) is 9.63. The smallest absolute Gasteiger partial charge is 0.124 e. The van der Waals surface area contributed by atoms with Crippen molar-refractivity contribution in [2.45, 2.75) is 6.92 Å². The number of nitrogens with two attached hydrogens (primary N) is 1. The third-order valence-electron chi connectivity index (χ3n) is 3.07. The Bertz CT molecular complexity index is 730. The highest BCUT2D eigenvalue weighted by atomic mass is 35.5. The van der Waals surface area contributed by atoms with Crippen LogP contribution in [0.1, 0.15) is 4.88 Å². The molecule has 0 radical (unpaired) electrons. The van der Waals surface area contributed by atoms with Crippen LogP contribution in [-0.4, -0.2) is 4.98 Å². The van der Waals surface area contributed by atoms with Gasteiger partial charge < -0.3 is 5.73 Å². The number of thiazole rings is 1. The number of nitrogen functional groups attached to an aromatic ring is 1. The number of nitrogens with zero attached hydrogens (tertiary/aromatic N) is 1. The van der Waals surface area contributed by atoms with Crippen LogP contribution in [0.15, 0.2) is 48.5 Å². The maximum absolute atomic E-state index is 5.93. The summed E-state index contributed by atoms with van der Waals surface area (Å²) in [6.45, 7) is 2.09. The molecule has 0 atom stereocenters. The molecule has 100 valence electrons. The summed E-state index contributed by atoms with van der Waals surface area (Å²) < 4.78 is 0. The molecule has 0 spiro atoms. The Morgan fingerprint density at radius 1 is 0.950 bits per heavy atom. The fourth-order valence-electron chi connectivity index (χ4n) is 2.02. The summed E-state index contributed by atoms with van der Waals surface area (Å²) in [5.74, 6) is 0. The van der Waals surface area contributed by atoms with E-state index in [1.54, 1.807) is 11.3 Å². The summed E-state index contributed by atoms with van der Waals surface area (Å²) in [6, 6.07) is 15.6. The van der Waals surface area contributed by atoms with Crippen LogP contribution in [-0.2, 0) is 0 Å². The summed E-state index contributed by atoms with van der Waals surface area (Å²) in [4.78, 5) is 5.94. The van der Waals surface area contributed by atoms with Crippen molar-refractivity contribution in [2.24, 2.45) is 0 Å². The lowest BCUT2D eigenvalue weighted by Crippen LogP contribution is -1.84. The van der Waals surface area contributed by atoms with Gasteiger partial charge in [0.15, 0.2) is 0 Å². The zero-order valence-electron chi connectivity index (χ0n) is 10.9. The summed E-state index contributed by atoms with van der Waals surface area (Å²) in [6.07, 6.45) is 0. The van der Waals surface area contributed by atoms with Crippen molar-refractivity contribution >= 4 is 28.6 Å². The number of hydrogen-bond acceptors (Lipinski definition) is 3. The Labute approximate surface area is 126 Å². The Hall–Kier alpha value is -1.84. The van der Waals surface area contributed by atoms with E-state index in [0.29, 0.717) is 0 Å². The van der Waals surface area contributed by atoms with Crippen LogP contribution in [0.4, 0.5) is 5.69 Å². The fraction of sp³-hybridized carbons (Fsp3) is 0.0625. The number of hydrogen-bond donors (Lipinski definition) is 1. The van der Waals surface area contributed by atoms with E-state index >= 15 is 0 Å². The van der Waals surface area contributed by atoms with Crippen LogP contribution in [0.5, 0.6) is 0 Å². The molecule has 0 fully saturated rings. The monoisotopic (exact) mass is 300 g/mol. The van der Waals surface area contributed by atoms with Crippen molar-refractivity contribution in [1.82, 2.24) is 4.98 Å². The molecule has 0 aliphatic rings. The molecule has 4 heteroatoms. The maximum Gasteiger partial charge on any atom is 0.124 e. The minimum absolute atomic E-state index is 0.736. The predicted molar refractivity (Wildman–Crippen MR) is 87.1 cm³/mol. The number of aromatic nitrogens is 1. The molecular weight excluding hydrogens is 288 g/mol. The number of benzene rings is 2. The highest BCUT2D eigenvalue weighted by molar-refractivity contribution is 7.15. The average Bonchev–Trinajstić information content (AvgIpc) is 2.82. The molecular formula is C16H13ClN2S. The first kappa shape index (κ1) is 13.2. The minimum atomic E-state index is 0.736. The maximum atomic E-state index is 5.93. The van der Waals surface area contributed by atoms with Gasteiger partial charge in [0, 0.05) is 26.7 Å². The van der Waals surface area contributed by atoms with E-state index in [1.165, 1.54) is 4.88 Å². The van der Waals surface area contributed by atoms with Crippen LogP contribution in [0.2, 0.25) is 5.02 Å². The molecule has 20 heavy (non-hydrogen) atoms. The van der Waals surface area contributed by atoms with Crippen LogP contribution in [0, 0.1) is 6.92 Å². The molecule has 0 aliphatic carbocycles. The van der Waals surface area contributed by atoms with E-state index in [1.807, 2.05) is 48.5 Å². The molecule has 1 aromatic heterocycles. The summed E-state index contributed by atoms with van der Waals surface area (Å²) >= 11 is 7.61. The molecule has 0 saturated heterocycles. The molecule has 0 bridgehead atoms. The van der Waals surface area contributed by atoms with Crippen molar-refractivity contribution in [3.05, 3.63) is 58.4 Å². The molecule has 0 saturated carbocycles. The number of rotatable bonds is 2. The zero-order chi connectivity index (χ0) is 14.1. The lowest BCUT2D eigenvalue weighted by Gasteiger charge is -1.99. The summed E-state index contributed by atoms with van der Waals surface area (Å²) in [5.41, 5.74) is 9.67. The molecule has 3 aromatic rings. The first-order valence-corrected chi connectivity index (χ1v) is 7.42. The molecule has 0 aliphatic heterocycles. The van der Waals surface area contributed by atoms with E-state index < -0.39 is 0 Å². The van der Waals surface area contributed by atoms with E-state index in [4.69, 9.17) is 22.3 Å². The molecule has 2 N–H and O–H groups in total. The van der Waals surface area contributed by atoms with Crippen molar-refractivity contribution in [2.75, 3.05) is 5.73 Å². The highest BCUT2D eigenvalue weighted by Gasteiger charge is 2.11. The van der Waals surface area contributed by atoms with Gasteiger partial charge in [0.1, 0.15) is 5.01 Å². The fourth-order valence-corrected chi connectivity index (χ4v) is 3.09. The Morgan fingerprint density at radius 2 is 1.55 bits per heavy atom. The topological polar surface area (TPSA) is 38.9 Å². The van der Waals surface area contributed by atoms with E-state index in [0.717, 1.165) is 32.5 Å². The second kappa shape index (κ2) is 5.27. The molecule has 2 aromatic carbocycles. The third-order valence-corrected chi connectivity index (χ3v) is 4.34. The van der Waals surface area contributed by atoms with Gasteiger partial charge in [-0.05, 0) is 43.3 Å². The normalized spacial score (nSPS) is 10.7. The van der Waals surface area contributed by atoms with E-state index in [2.05, 4.69) is 6.92 Å². The van der Waals surface area contributed by atoms with Gasteiger partial charge in [0.2, 0.25) is 0 Å². The quantitative estimate of drug-likeness (QED) is 0.675. The standard InChI is InChI=1S/C16H13ClN2S/c1-10-15(11-2-6-13(17)7-3-11)19-16(20-10)12-4-8-14(18)9-5-12/h2-9H,18H2,1H3. The number of halogens is 1. The zero-order valence-corrected chi connectivity index (χ0v) is 12.5. The van der Waals surface area contributed by atoms with Crippen molar-refractivity contribution in [1.29, 1.82) is 0 Å². The van der Waals surface area contributed by atoms with Gasteiger partial charge in [0.25, 0.3) is 0 Å². The molecule has 0 unspecified atom stereocenters. The molecule has 3 rings (SSSR count). The Morgan fingerprint density at radius 3 is 2.20 bits per heavy atom. The third kappa shape index (κ3) is 2.55. The molecule has 2 nitrogen and oxygen atoms in total. The Kier molecular flexibility index (Phi) is 3.47. The largest absolute Gasteiger partial charge is 0.399 e. The lowest BCUT2D eigenvalue weighted by molar-refractivity contribution is 1.37. The minimum Gasteiger partial charge on any atom is -0.399 e. The second-order valence-corrected chi connectivity index (χ2v) is 6.19. The van der Waals surface area contributed by atoms with Crippen LogP contribution in [0.25, 0.3) is 21.8 Å². The molecule has 1 heterocycles. The van der Waals surface area contributed by atoms with Gasteiger partial charge in [-0.25, -0.2) is 4.98 Å². The average molecular weight is 301 g/mol. The van der Waals surface area contributed by atoms with Crippen LogP contribution >= 0.6 is 22.9 Å². The van der Waals surface area contributed by atoms with Gasteiger partial charge in [-0.3, -0.25) is 0 Å². The van der Waals surface area contributed by atoms with Gasteiger partial charge in [-0.15, -0.1) is 11.3 Å². The Balaban J connectivity index is 2.02. The molecule has 0 amide bonds. The SMILES string of the molecule is Cc1sc(-c2ccc(N)cc2)nc1-c1ccc(Cl)cc1. The van der Waals surface area contributed by atoms with Gasteiger partial charge in [-0.2, -0.15) is 0 Å². The van der Waals surface area contributed by atoms with Crippen molar-refractivity contribution in [3.63, 3.8) is 0 Å². The summed E-state index contributed by atoms with van der Waals surface area (Å²) in [5, 5.41) is 1.74. The number of aryl methyl sites for hydroxylation is 1. The number of anilines is 1. The second-order valence-electron chi connectivity index (χ2n) is 4.55. The van der Waals surface area contributed by atoms with Crippen molar-refractivity contribution < 1.29 is 0 Å². The lowest BCUT2D eigenvalue weighted by atomic mass is 10.1. The van der Waals surface area contributed by atoms with Gasteiger partial charge in [-0.1, -0.05) is 23.7 Å². The van der Waals surface area contributed by atoms with Gasteiger partial charge in [0.05, 0.1) is 5.69 Å². The highest BCUT2D eigenvalue weighted by Crippen LogP contribution is 2.33. The van der Waals surface area contributed by atoms with Crippen LogP contribution < -0.4 is 5.73 Å². The van der Waals surface area contributed by atoms with E-state index in [9.17, 15) is 0 Å². The van der Waals surface area contributed by atoms with E-state index in [-0.39, 0.29) is 0 Å². The van der Waals surface area contributed by atoms with Crippen molar-refractivity contribution in [3.8, 4) is 21.8 Å². The van der Waals surface area contributed by atoms with Crippen LogP contribution in [0.3, 0.4) is 0 Å². The first-order valence-electron chi connectivity index (χ1n) is 6.23. The van der Waals surface area contributed by atoms with Gasteiger partial charge >= 0.3 is 0 Å². The summed E-state index contributed by atoms with van der Waals surface area (Å²) in [7, 11) is 0. The predicted octanol–water partition coefficient (Wildman–Crippen LogP) is 5.02.